The van der Waals surface area contributed by atoms with Crippen molar-refractivity contribution in [1.29, 1.82) is 0 Å². The number of hydrogen-bond donors (Lipinski definition) is 1. The molecule has 2 aliphatic rings. The molecular weight excluding hydrogens is 170 g/mol. The van der Waals surface area contributed by atoms with Crippen molar-refractivity contribution in [3.05, 3.63) is 35.2 Å². The summed E-state index contributed by atoms with van der Waals surface area (Å²) in [7, 11) is 0. The average molecular weight is 189 g/mol. The van der Waals surface area contributed by atoms with Gasteiger partial charge in [0.1, 0.15) is 0 Å². The summed E-state index contributed by atoms with van der Waals surface area (Å²) in [5.41, 5.74) is 5.68. The Labute approximate surface area is 86.6 Å². The Hall–Kier alpha value is -0.980. The molecule has 0 aromatic carbocycles. The largest absolute Gasteiger partial charge is 0.360 e. The second kappa shape index (κ2) is 4.04. The fourth-order valence-electron chi connectivity index (χ4n) is 2.44. The number of hydrogen-bond acceptors (Lipinski definition) is 1. The smallest absolute Gasteiger partial charge is 0.0373 e. The van der Waals surface area contributed by atoms with Crippen molar-refractivity contribution in [3.63, 3.8) is 0 Å². The lowest BCUT2D eigenvalue weighted by atomic mass is 9.84. The van der Waals surface area contributed by atoms with Crippen LogP contribution in [0.25, 0.3) is 0 Å². The van der Waals surface area contributed by atoms with Gasteiger partial charge in [0.05, 0.1) is 0 Å². The van der Waals surface area contributed by atoms with Gasteiger partial charge in [-0.05, 0) is 51.0 Å². The minimum atomic E-state index is 1.05. The van der Waals surface area contributed by atoms with Crippen molar-refractivity contribution in [2.24, 2.45) is 0 Å². The highest BCUT2D eigenvalue weighted by Gasteiger charge is 2.18. The van der Waals surface area contributed by atoms with E-state index < -0.39 is 0 Å². The van der Waals surface area contributed by atoms with E-state index in [0.717, 1.165) is 5.70 Å². The fraction of sp³-hybridized carbons (Fsp3) is 0.538. The molecular formula is C13H19N. The maximum Gasteiger partial charge on any atom is 0.0373 e. The molecule has 1 nitrogen and oxygen atoms in total. The highest BCUT2D eigenvalue weighted by atomic mass is 14.9. The van der Waals surface area contributed by atoms with Crippen LogP contribution in [0.15, 0.2) is 35.2 Å². The lowest BCUT2D eigenvalue weighted by Crippen LogP contribution is -2.17. The van der Waals surface area contributed by atoms with Crippen molar-refractivity contribution in [2.45, 2.75) is 45.4 Å². The Morgan fingerprint density at radius 3 is 2.86 bits per heavy atom. The molecule has 0 fully saturated rings. The molecule has 0 atom stereocenters. The van der Waals surface area contributed by atoms with Crippen molar-refractivity contribution in [3.8, 4) is 0 Å². The summed E-state index contributed by atoms with van der Waals surface area (Å²) in [6, 6.07) is 0. The van der Waals surface area contributed by atoms with Crippen molar-refractivity contribution >= 4 is 0 Å². The van der Waals surface area contributed by atoms with Crippen LogP contribution < -0.4 is 5.32 Å². The quantitative estimate of drug-likeness (QED) is 0.699. The zero-order chi connectivity index (χ0) is 9.97. The van der Waals surface area contributed by atoms with Gasteiger partial charge < -0.3 is 5.32 Å². The van der Waals surface area contributed by atoms with E-state index in [1.165, 1.54) is 44.2 Å². The minimum absolute atomic E-state index is 1.05. The van der Waals surface area contributed by atoms with Gasteiger partial charge in [-0.3, -0.25) is 0 Å². The summed E-state index contributed by atoms with van der Waals surface area (Å²) >= 11 is 0. The van der Waals surface area contributed by atoms with E-state index in [0.29, 0.717) is 0 Å². The first kappa shape index (κ1) is 9.57. The van der Waals surface area contributed by atoms with E-state index >= 15 is 0 Å². The maximum absolute atomic E-state index is 3.91. The predicted octanol–water partition coefficient (Wildman–Crippen LogP) is 3.66. The summed E-state index contributed by atoms with van der Waals surface area (Å²) in [6.07, 6.45) is 10.2. The van der Waals surface area contributed by atoms with Crippen LogP contribution in [0.3, 0.4) is 0 Å². The molecule has 2 aliphatic carbocycles. The number of nitrogens with one attached hydrogen (secondary N) is 1. The van der Waals surface area contributed by atoms with E-state index in [4.69, 9.17) is 0 Å². The third kappa shape index (κ3) is 1.92. The molecule has 0 spiro atoms. The Morgan fingerprint density at radius 1 is 1.29 bits per heavy atom. The van der Waals surface area contributed by atoms with Crippen LogP contribution in [0.1, 0.15) is 45.4 Å². The fourth-order valence-corrected chi connectivity index (χ4v) is 2.44. The Morgan fingerprint density at radius 2 is 2.07 bits per heavy atom. The monoisotopic (exact) mass is 189 g/mol. The van der Waals surface area contributed by atoms with Crippen LogP contribution in [0.2, 0.25) is 0 Å². The summed E-state index contributed by atoms with van der Waals surface area (Å²) in [5, 5.41) is 3.39. The molecule has 0 amide bonds. The SMILES string of the molecule is C=C(C)NC1=CCCC2=C1CCCC2. The van der Waals surface area contributed by atoms with Gasteiger partial charge in [-0.15, -0.1) is 0 Å². The summed E-state index contributed by atoms with van der Waals surface area (Å²) in [6.45, 7) is 5.94. The molecule has 0 heterocycles. The molecule has 0 saturated heterocycles. The van der Waals surface area contributed by atoms with Gasteiger partial charge in [0, 0.05) is 11.4 Å². The predicted molar refractivity (Wildman–Crippen MR) is 60.8 cm³/mol. The second-order valence-electron chi connectivity index (χ2n) is 4.35. The van der Waals surface area contributed by atoms with Crippen molar-refractivity contribution in [2.75, 3.05) is 0 Å². The maximum atomic E-state index is 3.91. The molecule has 2 rings (SSSR count). The van der Waals surface area contributed by atoms with Crippen molar-refractivity contribution < 1.29 is 0 Å². The average Bonchev–Trinajstić information content (AvgIpc) is 2.18. The van der Waals surface area contributed by atoms with E-state index in [1.807, 2.05) is 6.92 Å². The van der Waals surface area contributed by atoms with Crippen LogP contribution in [0.4, 0.5) is 0 Å². The standard InChI is InChI=1S/C13H19N/c1-10(2)14-13-9-5-7-11-6-3-4-8-12(11)13/h9,14H,1,3-8H2,2H3. The van der Waals surface area contributed by atoms with Gasteiger partial charge >= 0.3 is 0 Å². The summed E-state index contributed by atoms with van der Waals surface area (Å²) in [4.78, 5) is 0. The molecule has 0 aromatic heterocycles. The Kier molecular flexibility index (Phi) is 2.76. The number of allylic oxidation sites excluding steroid dienone is 4. The molecule has 0 radical (unpaired) electrons. The highest BCUT2D eigenvalue weighted by Crippen LogP contribution is 2.35. The summed E-state index contributed by atoms with van der Waals surface area (Å²) < 4.78 is 0. The molecule has 14 heavy (non-hydrogen) atoms. The molecule has 76 valence electrons. The molecule has 1 heteroatoms. The van der Waals surface area contributed by atoms with Gasteiger partial charge in [-0.25, -0.2) is 0 Å². The van der Waals surface area contributed by atoms with Gasteiger partial charge in [0.15, 0.2) is 0 Å². The third-order valence-corrected chi connectivity index (χ3v) is 3.05. The van der Waals surface area contributed by atoms with Crippen LogP contribution >= 0.6 is 0 Å². The molecule has 0 bridgehead atoms. The minimum Gasteiger partial charge on any atom is -0.360 e. The third-order valence-electron chi connectivity index (χ3n) is 3.05. The first-order chi connectivity index (χ1) is 6.77. The molecule has 0 aromatic rings. The number of rotatable bonds is 2. The van der Waals surface area contributed by atoms with Gasteiger partial charge in [0.2, 0.25) is 0 Å². The lowest BCUT2D eigenvalue weighted by Gasteiger charge is -2.26. The van der Waals surface area contributed by atoms with Crippen LogP contribution in [0.5, 0.6) is 0 Å². The second-order valence-corrected chi connectivity index (χ2v) is 4.35. The van der Waals surface area contributed by atoms with E-state index in [-0.39, 0.29) is 0 Å². The van der Waals surface area contributed by atoms with Crippen LogP contribution in [0, 0.1) is 0 Å². The molecule has 0 unspecified atom stereocenters. The zero-order valence-electron chi connectivity index (χ0n) is 9.03. The molecule has 0 saturated carbocycles. The van der Waals surface area contributed by atoms with E-state index in [2.05, 4.69) is 18.0 Å². The van der Waals surface area contributed by atoms with Crippen LogP contribution in [-0.2, 0) is 0 Å². The lowest BCUT2D eigenvalue weighted by molar-refractivity contribution is 0.633. The first-order valence-corrected chi connectivity index (χ1v) is 5.61. The molecule has 0 aliphatic heterocycles. The van der Waals surface area contributed by atoms with Crippen LogP contribution in [-0.4, -0.2) is 0 Å². The van der Waals surface area contributed by atoms with E-state index in [9.17, 15) is 0 Å². The Balaban J connectivity index is 2.19. The topological polar surface area (TPSA) is 12.0 Å². The summed E-state index contributed by atoms with van der Waals surface area (Å²) in [5.74, 6) is 0. The van der Waals surface area contributed by atoms with Gasteiger partial charge in [-0.1, -0.05) is 18.2 Å². The van der Waals surface area contributed by atoms with Gasteiger partial charge in [0.25, 0.3) is 0 Å². The molecule has 1 N–H and O–H groups in total. The first-order valence-electron chi connectivity index (χ1n) is 5.61. The Bertz CT molecular complexity index is 307. The highest BCUT2D eigenvalue weighted by molar-refractivity contribution is 5.39. The normalized spacial score (nSPS) is 21.4. The van der Waals surface area contributed by atoms with Gasteiger partial charge in [-0.2, -0.15) is 0 Å². The zero-order valence-corrected chi connectivity index (χ0v) is 9.03. The van der Waals surface area contributed by atoms with Crippen molar-refractivity contribution in [1.82, 2.24) is 5.32 Å². The van der Waals surface area contributed by atoms with E-state index in [1.54, 1.807) is 11.1 Å².